The van der Waals surface area contributed by atoms with Crippen molar-refractivity contribution in [3.63, 3.8) is 0 Å². The van der Waals surface area contributed by atoms with Crippen LogP contribution in [0.3, 0.4) is 0 Å². The van der Waals surface area contributed by atoms with Gasteiger partial charge in [0.15, 0.2) is 5.82 Å². The molecule has 2 aliphatic heterocycles. The number of benzene rings is 1. The number of nitrogens with zero attached hydrogens (tertiary/aromatic N) is 5. The highest BCUT2D eigenvalue weighted by molar-refractivity contribution is 5.59. The second-order valence-corrected chi connectivity index (χ2v) is 7.62. The Morgan fingerprint density at radius 1 is 0.815 bits per heavy atom. The largest absolute Gasteiger partial charge is 0.354 e. The van der Waals surface area contributed by atoms with Crippen LogP contribution < -0.4 is 4.90 Å². The molecule has 0 aliphatic carbocycles. The van der Waals surface area contributed by atoms with E-state index in [0.29, 0.717) is 0 Å². The Bertz CT molecular complexity index is 868. The lowest BCUT2D eigenvalue weighted by molar-refractivity contribution is 0.308. The molecule has 2 atom stereocenters. The third-order valence-corrected chi connectivity index (χ3v) is 5.73. The van der Waals surface area contributed by atoms with Crippen LogP contribution in [0.15, 0.2) is 67.0 Å². The normalized spacial score (nSPS) is 22.1. The molecule has 0 saturated carbocycles. The molecule has 0 radical (unpaired) electrons. The molecule has 3 aromatic rings. The summed E-state index contributed by atoms with van der Waals surface area (Å²) in [4.78, 5) is 9.19. The molecule has 2 saturated heterocycles. The molecule has 2 fully saturated rings. The van der Waals surface area contributed by atoms with Gasteiger partial charge in [-0.25, -0.2) is 0 Å². The Morgan fingerprint density at radius 2 is 1.63 bits per heavy atom. The molecule has 2 aromatic heterocycles. The molecule has 5 rings (SSSR count). The molecule has 2 aliphatic rings. The molecule has 5 nitrogen and oxygen atoms in total. The molecule has 5 heteroatoms. The van der Waals surface area contributed by atoms with Crippen molar-refractivity contribution in [2.75, 3.05) is 31.1 Å². The van der Waals surface area contributed by atoms with Gasteiger partial charge < -0.3 is 4.90 Å². The van der Waals surface area contributed by atoms with Crippen LogP contribution in [0.2, 0.25) is 0 Å². The van der Waals surface area contributed by atoms with Crippen LogP contribution in [0.1, 0.15) is 5.56 Å². The molecule has 4 heterocycles. The van der Waals surface area contributed by atoms with Crippen molar-refractivity contribution in [3.8, 4) is 11.3 Å². The van der Waals surface area contributed by atoms with Gasteiger partial charge in [-0.1, -0.05) is 36.4 Å². The van der Waals surface area contributed by atoms with Crippen molar-refractivity contribution in [1.29, 1.82) is 0 Å². The molecular formula is C22H23N5. The number of anilines is 1. The van der Waals surface area contributed by atoms with E-state index in [9.17, 15) is 0 Å². The number of aromatic nitrogens is 3. The maximum Gasteiger partial charge on any atom is 0.151 e. The van der Waals surface area contributed by atoms with Gasteiger partial charge in [0.2, 0.25) is 0 Å². The van der Waals surface area contributed by atoms with Crippen LogP contribution in [0.25, 0.3) is 11.3 Å². The summed E-state index contributed by atoms with van der Waals surface area (Å²) in [7, 11) is 0. The fourth-order valence-corrected chi connectivity index (χ4v) is 4.41. The first kappa shape index (κ1) is 16.4. The van der Waals surface area contributed by atoms with Gasteiger partial charge in [-0.15, -0.1) is 10.2 Å². The van der Waals surface area contributed by atoms with Gasteiger partial charge >= 0.3 is 0 Å². The van der Waals surface area contributed by atoms with E-state index in [4.69, 9.17) is 0 Å². The monoisotopic (exact) mass is 357 g/mol. The minimum absolute atomic E-state index is 0.720. The highest BCUT2D eigenvalue weighted by Crippen LogP contribution is 2.34. The molecule has 136 valence electrons. The maximum atomic E-state index is 4.51. The average Bonchev–Trinajstić information content (AvgIpc) is 3.28. The van der Waals surface area contributed by atoms with Crippen molar-refractivity contribution >= 4 is 5.82 Å². The van der Waals surface area contributed by atoms with Gasteiger partial charge in [0.25, 0.3) is 0 Å². The van der Waals surface area contributed by atoms with E-state index in [0.717, 1.165) is 61.6 Å². The molecule has 0 unspecified atom stereocenters. The third kappa shape index (κ3) is 3.43. The van der Waals surface area contributed by atoms with Crippen LogP contribution in [0.4, 0.5) is 5.82 Å². The van der Waals surface area contributed by atoms with Crippen molar-refractivity contribution in [3.05, 3.63) is 72.6 Å². The third-order valence-electron chi connectivity index (χ3n) is 5.73. The summed E-state index contributed by atoms with van der Waals surface area (Å²) in [5.74, 6) is 2.44. The van der Waals surface area contributed by atoms with E-state index in [1.807, 2.05) is 36.7 Å². The van der Waals surface area contributed by atoms with E-state index in [-0.39, 0.29) is 0 Å². The molecule has 0 N–H and O–H groups in total. The van der Waals surface area contributed by atoms with Crippen LogP contribution in [0.5, 0.6) is 0 Å². The van der Waals surface area contributed by atoms with E-state index < -0.39 is 0 Å². The molecule has 0 bridgehead atoms. The molecular weight excluding hydrogens is 334 g/mol. The SMILES string of the molecule is c1ccc(-c2ccc(N3C[C@H]4CN(Cc5cccnc5)C[C@H]4C3)nn2)cc1. The van der Waals surface area contributed by atoms with Crippen molar-refractivity contribution in [2.45, 2.75) is 6.54 Å². The minimum Gasteiger partial charge on any atom is -0.354 e. The van der Waals surface area contributed by atoms with Crippen molar-refractivity contribution in [1.82, 2.24) is 20.1 Å². The second kappa shape index (κ2) is 7.08. The fourth-order valence-electron chi connectivity index (χ4n) is 4.41. The first-order valence-electron chi connectivity index (χ1n) is 9.60. The number of hydrogen-bond acceptors (Lipinski definition) is 5. The average molecular weight is 357 g/mol. The van der Waals surface area contributed by atoms with E-state index in [1.165, 1.54) is 5.56 Å². The summed E-state index contributed by atoms with van der Waals surface area (Å²) in [6, 6.07) is 18.6. The van der Waals surface area contributed by atoms with Gasteiger partial charge in [0, 0.05) is 50.7 Å². The van der Waals surface area contributed by atoms with Gasteiger partial charge in [-0.05, 0) is 35.6 Å². The Balaban J connectivity index is 1.21. The maximum absolute atomic E-state index is 4.51. The fraction of sp³-hybridized carbons (Fsp3) is 0.318. The lowest BCUT2D eigenvalue weighted by Crippen LogP contribution is -2.29. The molecule has 0 amide bonds. The number of hydrogen-bond donors (Lipinski definition) is 0. The smallest absolute Gasteiger partial charge is 0.151 e. The van der Waals surface area contributed by atoms with E-state index in [2.05, 4.69) is 55.3 Å². The zero-order valence-electron chi connectivity index (χ0n) is 15.3. The van der Waals surface area contributed by atoms with Gasteiger partial charge in [-0.3, -0.25) is 9.88 Å². The highest BCUT2D eigenvalue weighted by atomic mass is 15.3. The van der Waals surface area contributed by atoms with Gasteiger partial charge in [0.1, 0.15) is 0 Å². The molecule has 0 spiro atoms. The van der Waals surface area contributed by atoms with Crippen LogP contribution in [0, 0.1) is 11.8 Å². The predicted molar refractivity (Wildman–Crippen MR) is 106 cm³/mol. The zero-order chi connectivity index (χ0) is 18.1. The summed E-state index contributed by atoms with van der Waals surface area (Å²) < 4.78 is 0. The van der Waals surface area contributed by atoms with Gasteiger partial charge in [0.05, 0.1) is 5.69 Å². The molecule has 27 heavy (non-hydrogen) atoms. The number of fused-ring (bicyclic) bond motifs is 1. The highest BCUT2D eigenvalue weighted by Gasteiger charge is 2.40. The number of pyridine rings is 1. The summed E-state index contributed by atoms with van der Waals surface area (Å²) in [6.07, 6.45) is 3.81. The summed E-state index contributed by atoms with van der Waals surface area (Å²) in [5.41, 5.74) is 3.35. The Morgan fingerprint density at radius 3 is 2.30 bits per heavy atom. The standard InChI is InChI=1S/C22H23N5/c1-2-6-18(7-3-1)21-8-9-22(25-24-21)27-15-19-13-26(14-20(19)16-27)12-17-5-4-10-23-11-17/h1-11,19-20H,12-16H2/t19-,20+. The Kier molecular flexibility index (Phi) is 4.30. The lowest BCUT2D eigenvalue weighted by atomic mass is 10.0. The Hall–Kier alpha value is -2.79. The predicted octanol–water partition coefficient (Wildman–Crippen LogP) is 3.11. The van der Waals surface area contributed by atoms with E-state index >= 15 is 0 Å². The first-order valence-corrected chi connectivity index (χ1v) is 9.60. The lowest BCUT2D eigenvalue weighted by Gasteiger charge is -2.22. The minimum atomic E-state index is 0.720. The first-order chi connectivity index (χ1) is 13.3. The van der Waals surface area contributed by atoms with Gasteiger partial charge in [-0.2, -0.15) is 0 Å². The summed E-state index contributed by atoms with van der Waals surface area (Å²) >= 11 is 0. The summed E-state index contributed by atoms with van der Waals surface area (Å²) in [5, 5.41) is 8.95. The van der Waals surface area contributed by atoms with Crippen LogP contribution in [-0.2, 0) is 6.54 Å². The number of likely N-dealkylation sites (tertiary alicyclic amines) is 1. The molecule has 1 aromatic carbocycles. The topological polar surface area (TPSA) is 45.2 Å². The quantitative estimate of drug-likeness (QED) is 0.718. The van der Waals surface area contributed by atoms with Crippen molar-refractivity contribution in [2.24, 2.45) is 11.8 Å². The Labute approximate surface area is 159 Å². The zero-order valence-corrected chi connectivity index (χ0v) is 15.3. The second-order valence-electron chi connectivity index (χ2n) is 7.62. The van der Waals surface area contributed by atoms with Crippen LogP contribution >= 0.6 is 0 Å². The number of rotatable bonds is 4. The van der Waals surface area contributed by atoms with E-state index in [1.54, 1.807) is 0 Å². The van der Waals surface area contributed by atoms with Crippen molar-refractivity contribution < 1.29 is 0 Å². The summed E-state index contributed by atoms with van der Waals surface area (Å²) in [6.45, 7) is 5.48. The van der Waals surface area contributed by atoms with Crippen LogP contribution in [-0.4, -0.2) is 46.3 Å².